The van der Waals surface area contributed by atoms with Crippen LogP contribution in [0.3, 0.4) is 0 Å². The molecule has 2 amide bonds. The van der Waals surface area contributed by atoms with Gasteiger partial charge in [0.25, 0.3) is 5.91 Å². The number of primary amides is 1. The number of nitrogens with one attached hydrogen (secondary N) is 1. The molecule has 27 heavy (non-hydrogen) atoms. The molecule has 1 saturated carbocycles. The lowest BCUT2D eigenvalue weighted by molar-refractivity contribution is -0.119. The van der Waals surface area contributed by atoms with Gasteiger partial charge in [-0.1, -0.05) is 48.5 Å². The van der Waals surface area contributed by atoms with Gasteiger partial charge in [0, 0.05) is 6.42 Å². The van der Waals surface area contributed by atoms with Crippen molar-refractivity contribution in [3.05, 3.63) is 66.2 Å². The van der Waals surface area contributed by atoms with Crippen molar-refractivity contribution in [3.8, 4) is 0 Å². The highest BCUT2D eigenvalue weighted by molar-refractivity contribution is 6.40. The van der Waals surface area contributed by atoms with Crippen molar-refractivity contribution in [2.45, 2.75) is 31.3 Å². The van der Waals surface area contributed by atoms with Gasteiger partial charge < -0.3 is 11.1 Å². The molecule has 0 radical (unpaired) electrons. The summed E-state index contributed by atoms with van der Waals surface area (Å²) in [6.45, 7) is 0. The van der Waals surface area contributed by atoms with Gasteiger partial charge in [-0.05, 0) is 36.5 Å². The van der Waals surface area contributed by atoms with E-state index in [2.05, 4.69) is 10.4 Å². The minimum absolute atomic E-state index is 0.0285. The lowest BCUT2D eigenvalue weighted by Gasteiger charge is -2.20. The molecule has 6 heteroatoms. The maximum atomic E-state index is 12.9. The van der Waals surface area contributed by atoms with E-state index in [1.54, 1.807) is 5.01 Å². The van der Waals surface area contributed by atoms with Crippen LogP contribution in [0.15, 0.2) is 65.8 Å². The third-order valence-corrected chi connectivity index (χ3v) is 5.06. The Bertz CT molecular complexity index is 862. The van der Waals surface area contributed by atoms with Gasteiger partial charge >= 0.3 is 0 Å². The van der Waals surface area contributed by atoms with Gasteiger partial charge in [0.1, 0.15) is 11.8 Å². The summed E-state index contributed by atoms with van der Waals surface area (Å²) in [5.41, 5.74) is 7.73. The summed E-state index contributed by atoms with van der Waals surface area (Å²) in [4.78, 5) is 24.8. The zero-order valence-electron chi connectivity index (χ0n) is 14.9. The van der Waals surface area contributed by atoms with Crippen LogP contribution < -0.4 is 16.1 Å². The molecule has 138 valence electrons. The van der Waals surface area contributed by atoms with Gasteiger partial charge in [-0.2, -0.15) is 5.10 Å². The number of benzene rings is 2. The van der Waals surface area contributed by atoms with Crippen LogP contribution in [0.2, 0.25) is 0 Å². The number of hydrogen-bond donors (Lipinski definition) is 2. The molecule has 6 nitrogen and oxygen atoms in total. The van der Waals surface area contributed by atoms with Crippen molar-refractivity contribution < 1.29 is 9.59 Å². The SMILES string of the molecule is NC(=O)C1CC(C(=O)NC(c2ccccc2)C2CC2)=NN1c1ccccc1. The van der Waals surface area contributed by atoms with E-state index in [4.69, 9.17) is 5.73 Å². The first kappa shape index (κ1) is 17.3. The van der Waals surface area contributed by atoms with E-state index in [9.17, 15) is 9.59 Å². The quantitative estimate of drug-likeness (QED) is 0.827. The van der Waals surface area contributed by atoms with Gasteiger partial charge in [-0.25, -0.2) is 0 Å². The summed E-state index contributed by atoms with van der Waals surface area (Å²) in [5.74, 6) is -0.275. The van der Waals surface area contributed by atoms with Crippen LogP contribution in [0.4, 0.5) is 5.69 Å². The molecule has 0 bridgehead atoms. The van der Waals surface area contributed by atoms with Crippen molar-refractivity contribution in [1.82, 2.24) is 5.32 Å². The number of hydrazone groups is 1. The molecule has 2 aromatic rings. The number of amides is 2. The van der Waals surface area contributed by atoms with Crippen LogP contribution in [0.1, 0.15) is 30.9 Å². The third-order valence-electron chi connectivity index (χ3n) is 5.06. The van der Waals surface area contributed by atoms with Crippen molar-refractivity contribution in [3.63, 3.8) is 0 Å². The topological polar surface area (TPSA) is 87.8 Å². The van der Waals surface area contributed by atoms with Crippen LogP contribution in [0, 0.1) is 5.92 Å². The number of carbonyl (C=O) groups is 2. The fourth-order valence-corrected chi connectivity index (χ4v) is 3.48. The van der Waals surface area contributed by atoms with Gasteiger partial charge in [-0.3, -0.25) is 14.6 Å². The molecular weight excluding hydrogens is 340 g/mol. The summed E-state index contributed by atoms with van der Waals surface area (Å²) >= 11 is 0. The largest absolute Gasteiger partial charge is 0.368 e. The lowest BCUT2D eigenvalue weighted by Crippen LogP contribution is -2.40. The molecule has 0 spiro atoms. The molecule has 0 saturated heterocycles. The predicted molar refractivity (Wildman–Crippen MR) is 104 cm³/mol. The number of hydrogen-bond acceptors (Lipinski definition) is 4. The van der Waals surface area contributed by atoms with Crippen LogP contribution in [0.5, 0.6) is 0 Å². The maximum Gasteiger partial charge on any atom is 0.268 e. The minimum atomic E-state index is -0.649. The summed E-state index contributed by atoms with van der Waals surface area (Å²) in [6.07, 6.45) is 2.42. The summed E-state index contributed by atoms with van der Waals surface area (Å²) < 4.78 is 0. The Balaban J connectivity index is 1.55. The molecule has 2 aliphatic rings. The fraction of sp³-hybridized carbons (Fsp3) is 0.286. The Kier molecular flexibility index (Phi) is 4.62. The third kappa shape index (κ3) is 3.69. The highest BCUT2D eigenvalue weighted by Gasteiger charge is 2.38. The molecule has 2 unspecified atom stereocenters. The number of para-hydroxylation sites is 1. The fourth-order valence-electron chi connectivity index (χ4n) is 3.48. The zero-order valence-corrected chi connectivity index (χ0v) is 14.9. The van der Waals surface area contributed by atoms with Gasteiger partial charge in [-0.15, -0.1) is 0 Å². The first-order chi connectivity index (χ1) is 13.1. The number of rotatable bonds is 6. The average Bonchev–Trinajstić information content (AvgIpc) is 3.43. The van der Waals surface area contributed by atoms with Crippen LogP contribution in [-0.4, -0.2) is 23.6 Å². The molecule has 4 rings (SSSR count). The number of anilines is 1. The molecule has 0 aromatic heterocycles. The molecule has 1 aliphatic heterocycles. The second kappa shape index (κ2) is 7.23. The molecule has 2 atom stereocenters. The maximum absolute atomic E-state index is 12.9. The minimum Gasteiger partial charge on any atom is -0.368 e. The van der Waals surface area contributed by atoms with Crippen molar-refractivity contribution in [2.24, 2.45) is 16.8 Å². The highest BCUT2D eigenvalue weighted by atomic mass is 16.2. The second-order valence-electron chi connectivity index (χ2n) is 7.05. The van der Waals surface area contributed by atoms with Gasteiger partial charge in [0.2, 0.25) is 5.91 Å². The van der Waals surface area contributed by atoms with E-state index >= 15 is 0 Å². The van der Waals surface area contributed by atoms with E-state index in [0.717, 1.165) is 24.1 Å². The molecule has 2 aromatic carbocycles. The molecule has 1 aliphatic carbocycles. The molecule has 3 N–H and O–H groups in total. The Morgan fingerprint density at radius 1 is 1.04 bits per heavy atom. The first-order valence-corrected chi connectivity index (χ1v) is 9.20. The Hall–Kier alpha value is -3.15. The Morgan fingerprint density at radius 2 is 1.67 bits per heavy atom. The first-order valence-electron chi connectivity index (χ1n) is 9.20. The standard InChI is InChI=1S/C21H22N4O2/c22-20(26)18-13-17(24-25(18)16-9-5-2-6-10-16)21(27)23-19(15-11-12-15)14-7-3-1-4-8-14/h1-10,15,18-19H,11-13H2,(H2,22,26)(H,23,27). The molecular formula is C21H22N4O2. The monoisotopic (exact) mass is 362 g/mol. The van der Waals surface area contributed by atoms with Crippen molar-refractivity contribution >= 4 is 23.2 Å². The second-order valence-corrected chi connectivity index (χ2v) is 7.05. The molecule has 1 fully saturated rings. The number of nitrogens with two attached hydrogens (primary N) is 1. The van der Waals surface area contributed by atoms with E-state index in [1.807, 2.05) is 60.7 Å². The Labute approximate surface area is 158 Å². The van der Waals surface area contributed by atoms with Gasteiger partial charge in [0.15, 0.2) is 0 Å². The van der Waals surface area contributed by atoms with E-state index in [-0.39, 0.29) is 18.4 Å². The summed E-state index contributed by atoms with van der Waals surface area (Å²) in [6, 6.07) is 18.6. The smallest absolute Gasteiger partial charge is 0.268 e. The van der Waals surface area contributed by atoms with Crippen molar-refractivity contribution in [1.29, 1.82) is 0 Å². The highest BCUT2D eigenvalue weighted by Crippen LogP contribution is 2.41. The zero-order chi connectivity index (χ0) is 18.8. The van der Waals surface area contributed by atoms with E-state index < -0.39 is 11.9 Å². The normalized spacial score (nSPS) is 20.1. The van der Waals surface area contributed by atoms with E-state index in [1.165, 1.54) is 0 Å². The average molecular weight is 362 g/mol. The predicted octanol–water partition coefficient (Wildman–Crippen LogP) is 2.37. The summed E-state index contributed by atoms with van der Waals surface area (Å²) in [7, 11) is 0. The number of nitrogens with zero attached hydrogens (tertiary/aromatic N) is 2. The Morgan fingerprint density at radius 3 is 2.26 bits per heavy atom. The van der Waals surface area contributed by atoms with Crippen LogP contribution >= 0.6 is 0 Å². The van der Waals surface area contributed by atoms with Crippen LogP contribution in [-0.2, 0) is 9.59 Å². The van der Waals surface area contributed by atoms with E-state index in [0.29, 0.717) is 11.6 Å². The molecule has 1 heterocycles. The van der Waals surface area contributed by atoms with Crippen LogP contribution in [0.25, 0.3) is 0 Å². The van der Waals surface area contributed by atoms with Crippen molar-refractivity contribution in [2.75, 3.05) is 5.01 Å². The van der Waals surface area contributed by atoms with Gasteiger partial charge in [0.05, 0.1) is 11.7 Å². The lowest BCUT2D eigenvalue weighted by atomic mass is 10.0. The summed E-state index contributed by atoms with van der Waals surface area (Å²) in [5, 5.41) is 9.09. The number of carbonyl (C=O) groups excluding carboxylic acids is 2.